The maximum absolute atomic E-state index is 11.2. The normalized spacial score (nSPS) is 17.9. The van der Waals surface area contributed by atoms with Gasteiger partial charge in [0.15, 0.2) is 6.61 Å². The number of alkyl halides is 3. The van der Waals surface area contributed by atoms with E-state index in [0.29, 0.717) is 0 Å². The summed E-state index contributed by atoms with van der Waals surface area (Å²) in [5.74, 6) is 0. The van der Waals surface area contributed by atoms with Crippen LogP contribution in [0.5, 0.6) is 0 Å². The average molecular weight is 198 g/mol. The third kappa shape index (κ3) is 6.24. The zero-order valence-corrected chi connectivity index (χ0v) is 5.73. The summed E-state index contributed by atoms with van der Waals surface area (Å²) in [6.45, 7) is -2.04. The molecule has 0 amide bonds. The molecule has 0 spiro atoms. The van der Waals surface area contributed by atoms with Crippen molar-refractivity contribution in [3.05, 3.63) is 0 Å². The maximum atomic E-state index is 11.2. The van der Waals surface area contributed by atoms with Crippen molar-refractivity contribution in [2.24, 2.45) is 0 Å². The van der Waals surface area contributed by atoms with Crippen molar-refractivity contribution >= 4 is 7.82 Å². The second-order valence-corrected chi connectivity index (χ2v) is 2.76. The molecule has 0 fully saturated rings. The first-order valence-corrected chi connectivity index (χ1v) is 3.61. The Hall–Kier alpha value is -0.170. The maximum Gasteiger partial charge on any atom is 0.503 e. The second kappa shape index (κ2) is 3.48. The molecule has 4 nitrogen and oxygen atoms in total. The van der Waals surface area contributed by atoms with Gasteiger partial charge in [-0.1, -0.05) is 4.73 Å². The van der Waals surface area contributed by atoms with Crippen molar-refractivity contribution in [2.45, 2.75) is 6.18 Å². The fourth-order valence-corrected chi connectivity index (χ4v) is 0.524. The highest BCUT2D eigenvalue weighted by atomic mass is 31.2. The molecule has 9 heteroatoms. The summed E-state index contributed by atoms with van der Waals surface area (Å²) in [5.41, 5.74) is 0. The van der Waals surface area contributed by atoms with E-state index >= 15 is 0 Å². The Morgan fingerprint density at radius 3 is 2.18 bits per heavy atom. The Bertz CT molecular complexity index is 166. The second-order valence-electron chi connectivity index (χ2n) is 1.43. The number of hydrogen-bond acceptors (Lipinski definition) is 3. The summed E-state index contributed by atoms with van der Waals surface area (Å²) in [6.07, 6.45) is -4.79. The molecule has 1 atom stereocenters. The predicted octanol–water partition coefficient (Wildman–Crippen LogP) is 1.57. The largest absolute Gasteiger partial charge is 0.503 e. The molecule has 0 aliphatic carbocycles. The monoisotopic (exact) mass is 198 g/mol. The molecule has 0 saturated heterocycles. The van der Waals surface area contributed by atoms with Crippen LogP contribution in [0.15, 0.2) is 0 Å². The van der Waals surface area contributed by atoms with E-state index in [-0.39, 0.29) is 0 Å². The SMILES string of the molecule is O=P(O)(OF)OCC(F)(F)F. The van der Waals surface area contributed by atoms with Gasteiger partial charge in [-0.2, -0.15) is 13.2 Å². The first-order valence-electron chi connectivity index (χ1n) is 2.11. The van der Waals surface area contributed by atoms with Gasteiger partial charge in [0, 0.05) is 0 Å². The van der Waals surface area contributed by atoms with Crippen LogP contribution in [0, 0.1) is 0 Å². The van der Waals surface area contributed by atoms with Crippen LogP contribution in [0.1, 0.15) is 0 Å². The third-order valence-electron chi connectivity index (χ3n) is 0.479. The highest BCUT2D eigenvalue weighted by molar-refractivity contribution is 7.47. The highest BCUT2D eigenvalue weighted by Gasteiger charge is 2.34. The van der Waals surface area contributed by atoms with E-state index < -0.39 is 20.6 Å². The topological polar surface area (TPSA) is 55.8 Å². The summed E-state index contributed by atoms with van der Waals surface area (Å²) in [5, 5.41) is 0. The molecule has 68 valence electrons. The minimum absolute atomic E-state index is 2.04. The summed E-state index contributed by atoms with van der Waals surface area (Å²) in [6, 6.07) is 0. The van der Waals surface area contributed by atoms with Gasteiger partial charge in [0.1, 0.15) is 0 Å². The molecule has 0 aromatic carbocycles. The van der Waals surface area contributed by atoms with Gasteiger partial charge in [-0.3, -0.25) is 4.52 Å². The first-order chi connectivity index (χ1) is 4.77. The highest BCUT2D eigenvalue weighted by Crippen LogP contribution is 2.44. The Morgan fingerprint density at radius 1 is 1.45 bits per heavy atom. The molecule has 0 rings (SSSR count). The predicted molar refractivity (Wildman–Crippen MR) is 24.0 cm³/mol. The van der Waals surface area contributed by atoms with Gasteiger partial charge in [0.2, 0.25) is 0 Å². The number of hydrogen-bond donors (Lipinski definition) is 1. The molecule has 0 saturated carbocycles. The Balaban J connectivity index is 3.80. The zero-order valence-electron chi connectivity index (χ0n) is 4.84. The molecule has 0 heterocycles. The van der Waals surface area contributed by atoms with Crippen molar-refractivity contribution < 1.29 is 36.4 Å². The smallest absolute Gasteiger partial charge is 0.301 e. The molecular weight excluding hydrogens is 195 g/mol. The molecule has 11 heavy (non-hydrogen) atoms. The van der Waals surface area contributed by atoms with Crippen LogP contribution in [0.3, 0.4) is 0 Å². The molecule has 0 bridgehead atoms. The van der Waals surface area contributed by atoms with Crippen molar-refractivity contribution in [2.75, 3.05) is 6.61 Å². The van der Waals surface area contributed by atoms with E-state index in [9.17, 15) is 22.3 Å². The van der Waals surface area contributed by atoms with Gasteiger partial charge in [-0.05, 0) is 4.53 Å². The minimum Gasteiger partial charge on any atom is -0.301 e. The third-order valence-corrected chi connectivity index (χ3v) is 1.11. The van der Waals surface area contributed by atoms with Crippen molar-refractivity contribution in [3.63, 3.8) is 0 Å². The average Bonchev–Trinajstić information content (AvgIpc) is 1.83. The van der Waals surface area contributed by atoms with Crippen molar-refractivity contribution in [3.8, 4) is 0 Å². The van der Waals surface area contributed by atoms with Crippen LogP contribution in [-0.2, 0) is 13.8 Å². The van der Waals surface area contributed by atoms with E-state index in [1.165, 1.54) is 0 Å². The summed E-state index contributed by atoms with van der Waals surface area (Å²) in [4.78, 5) is 7.92. The Morgan fingerprint density at radius 2 is 1.91 bits per heavy atom. The van der Waals surface area contributed by atoms with Gasteiger partial charge in [-0.25, -0.2) is 4.57 Å². The molecule has 1 unspecified atom stereocenters. The lowest BCUT2D eigenvalue weighted by molar-refractivity contribution is -0.163. The van der Waals surface area contributed by atoms with Crippen LogP contribution in [-0.4, -0.2) is 17.7 Å². The van der Waals surface area contributed by atoms with Crippen LogP contribution in [0.25, 0.3) is 0 Å². The number of halogens is 4. The fraction of sp³-hybridized carbons (Fsp3) is 1.00. The zero-order chi connectivity index (χ0) is 9.12. The van der Waals surface area contributed by atoms with Gasteiger partial charge in [-0.15, -0.1) is 0 Å². The lowest BCUT2D eigenvalue weighted by atomic mass is 10.7. The lowest BCUT2D eigenvalue weighted by Gasteiger charge is -2.08. The Kier molecular flexibility index (Phi) is 3.43. The van der Waals surface area contributed by atoms with E-state index in [0.717, 1.165) is 0 Å². The molecular formula is C2H3F4O4P. The quantitative estimate of drug-likeness (QED) is 0.552. The van der Waals surface area contributed by atoms with Crippen LogP contribution < -0.4 is 0 Å². The number of phosphoric ester groups is 1. The molecule has 0 aromatic heterocycles. The van der Waals surface area contributed by atoms with Gasteiger partial charge >= 0.3 is 14.0 Å². The van der Waals surface area contributed by atoms with Crippen molar-refractivity contribution in [1.82, 2.24) is 0 Å². The number of rotatable bonds is 3. The van der Waals surface area contributed by atoms with E-state index in [4.69, 9.17) is 4.89 Å². The van der Waals surface area contributed by atoms with Gasteiger partial charge in [0.25, 0.3) is 0 Å². The summed E-state index contributed by atoms with van der Waals surface area (Å²) in [7, 11) is -5.16. The Labute approximate surface area is 58.2 Å². The molecule has 0 aliphatic heterocycles. The van der Waals surface area contributed by atoms with E-state index in [1.807, 2.05) is 0 Å². The number of phosphoric acid groups is 1. The minimum atomic E-state index is -5.16. The fourth-order valence-electron chi connectivity index (χ4n) is 0.175. The van der Waals surface area contributed by atoms with E-state index in [1.54, 1.807) is 0 Å². The van der Waals surface area contributed by atoms with Gasteiger partial charge < -0.3 is 4.89 Å². The molecule has 0 radical (unpaired) electrons. The standard InChI is InChI=1S/C2H3F4O4P/c3-2(4,5)1-9-11(7,8)10-6/h1H2,(H,7,8). The van der Waals surface area contributed by atoms with E-state index in [2.05, 4.69) is 9.25 Å². The van der Waals surface area contributed by atoms with Crippen LogP contribution >= 0.6 is 7.82 Å². The summed E-state index contributed by atoms with van der Waals surface area (Å²) < 4.78 is 59.6. The van der Waals surface area contributed by atoms with Crippen LogP contribution in [0.4, 0.5) is 17.7 Å². The summed E-state index contributed by atoms with van der Waals surface area (Å²) >= 11 is 0. The molecule has 0 aromatic rings. The van der Waals surface area contributed by atoms with Crippen LogP contribution in [0.2, 0.25) is 0 Å². The van der Waals surface area contributed by atoms with Gasteiger partial charge in [0.05, 0.1) is 0 Å². The first kappa shape index (κ1) is 10.8. The lowest BCUT2D eigenvalue weighted by Crippen LogP contribution is -2.15. The molecule has 0 aliphatic rings. The molecule has 1 N–H and O–H groups in total. The van der Waals surface area contributed by atoms with Crippen molar-refractivity contribution in [1.29, 1.82) is 0 Å².